The highest BCUT2D eigenvalue weighted by Gasteiger charge is 2.17. The molecule has 0 aliphatic heterocycles. The number of nitrogens with one attached hydrogen (secondary N) is 2. The largest absolute Gasteiger partial charge is 0.355 e. The third-order valence-corrected chi connectivity index (χ3v) is 6.39. The topological polar surface area (TPSA) is 90.9 Å². The molecule has 0 fully saturated rings. The highest BCUT2D eigenvalue weighted by atomic mass is 16.1. The van der Waals surface area contributed by atoms with Gasteiger partial charge in [0.15, 0.2) is 0 Å². The van der Waals surface area contributed by atoms with Crippen molar-refractivity contribution in [3.05, 3.63) is 0 Å². The van der Waals surface area contributed by atoms with Gasteiger partial charge in [0.05, 0.1) is 6.07 Å². The van der Waals surface area contributed by atoms with Crippen LogP contribution >= 0.6 is 0 Å². The van der Waals surface area contributed by atoms with Gasteiger partial charge in [0.25, 0.3) is 0 Å². The Hall–Kier alpha value is -1.12. The molecule has 0 aliphatic rings. The molecule has 1 amide bonds. The molecule has 4 N–H and O–H groups in total. The zero-order valence-corrected chi connectivity index (χ0v) is 21.4. The predicted octanol–water partition coefficient (Wildman–Crippen LogP) is 6.08. The Kier molecular flexibility index (Phi) is 23.7. The third kappa shape index (κ3) is 19.6. The third-order valence-electron chi connectivity index (χ3n) is 6.39. The maximum atomic E-state index is 12.6. The summed E-state index contributed by atoms with van der Waals surface area (Å²) in [6, 6.07) is 2.51. The van der Waals surface area contributed by atoms with Crippen molar-refractivity contribution < 1.29 is 4.79 Å². The molecule has 32 heavy (non-hydrogen) atoms. The van der Waals surface area contributed by atoms with Crippen molar-refractivity contribution in [3.63, 3.8) is 0 Å². The van der Waals surface area contributed by atoms with E-state index < -0.39 is 0 Å². The number of hydrogen-bond donors (Lipinski definition) is 3. The lowest BCUT2D eigenvalue weighted by Gasteiger charge is -2.17. The van der Waals surface area contributed by atoms with Crippen molar-refractivity contribution in [2.24, 2.45) is 17.6 Å². The number of nitrogens with zero attached hydrogens (tertiary/aromatic N) is 1. The summed E-state index contributed by atoms with van der Waals surface area (Å²) in [5, 5.41) is 15.7. The second-order valence-corrected chi connectivity index (χ2v) is 9.40. The van der Waals surface area contributed by atoms with Crippen LogP contribution in [0.2, 0.25) is 0 Å². The Morgan fingerprint density at radius 1 is 0.750 bits per heavy atom. The van der Waals surface area contributed by atoms with Crippen LogP contribution in [-0.2, 0) is 4.79 Å². The maximum Gasteiger partial charge on any atom is 0.223 e. The van der Waals surface area contributed by atoms with E-state index in [9.17, 15) is 10.1 Å². The van der Waals surface area contributed by atoms with Crippen LogP contribution in [0.25, 0.3) is 0 Å². The van der Waals surface area contributed by atoms with Crippen LogP contribution in [0.5, 0.6) is 0 Å². The van der Waals surface area contributed by atoms with Gasteiger partial charge in [-0.15, -0.1) is 0 Å². The minimum atomic E-state index is 0.160. The van der Waals surface area contributed by atoms with Crippen LogP contribution in [0.3, 0.4) is 0 Å². The fourth-order valence-electron chi connectivity index (χ4n) is 4.27. The monoisotopic (exact) mass is 450 g/mol. The lowest BCUT2D eigenvalue weighted by molar-refractivity contribution is -0.125. The number of nitriles is 1. The Morgan fingerprint density at radius 3 is 1.75 bits per heavy atom. The van der Waals surface area contributed by atoms with Crippen molar-refractivity contribution in [3.8, 4) is 6.07 Å². The number of carbonyl (C=O) groups excluding carboxylic acids is 1. The molecule has 0 aromatic rings. The summed E-state index contributed by atoms with van der Waals surface area (Å²) >= 11 is 0. The van der Waals surface area contributed by atoms with Crippen molar-refractivity contribution in [2.75, 3.05) is 26.2 Å². The van der Waals surface area contributed by atoms with Gasteiger partial charge in [-0.05, 0) is 25.7 Å². The van der Waals surface area contributed by atoms with Crippen LogP contribution in [0.15, 0.2) is 0 Å². The number of nitrogens with two attached hydrogens (primary N) is 1. The number of carbonyl (C=O) groups is 1. The van der Waals surface area contributed by atoms with Crippen molar-refractivity contribution in [1.29, 1.82) is 5.26 Å². The normalized spacial score (nSPS) is 12.9. The molecule has 0 saturated carbocycles. The van der Waals surface area contributed by atoms with Gasteiger partial charge in [-0.2, -0.15) is 5.26 Å². The van der Waals surface area contributed by atoms with Gasteiger partial charge >= 0.3 is 0 Å². The molecule has 0 bridgehead atoms. The quantitative estimate of drug-likeness (QED) is 0.155. The molecule has 0 aromatic carbocycles. The average Bonchev–Trinajstić information content (AvgIpc) is 2.80. The minimum Gasteiger partial charge on any atom is -0.355 e. The van der Waals surface area contributed by atoms with Gasteiger partial charge in [-0.1, -0.05) is 97.3 Å². The van der Waals surface area contributed by atoms with Crippen LogP contribution in [0.1, 0.15) is 123 Å². The SMILES string of the molecule is CCCCCCC(C#N)CCCCCCCC(CCCCCC)C(=O)NCCNCCN. The molecule has 188 valence electrons. The lowest BCUT2D eigenvalue weighted by atomic mass is 9.92. The van der Waals surface area contributed by atoms with E-state index in [0.717, 1.165) is 51.6 Å². The van der Waals surface area contributed by atoms with E-state index in [4.69, 9.17) is 5.73 Å². The van der Waals surface area contributed by atoms with Crippen molar-refractivity contribution in [1.82, 2.24) is 10.6 Å². The molecule has 0 rings (SSSR count). The number of unbranched alkanes of at least 4 members (excludes halogenated alkanes) is 10. The zero-order chi connectivity index (χ0) is 23.7. The fourth-order valence-corrected chi connectivity index (χ4v) is 4.27. The summed E-state index contributed by atoms with van der Waals surface area (Å²) in [6.45, 7) is 7.35. The van der Waals surface area contributed by atoms with E-state index in [1.807, 2.05) is 0 Å². The lowest BCUT2D eigenvalue weighted by Crippen LogP contribution is -2.37. The van der Waals surface area contributed by atoms with Crippen molar-refractivity contribution >= 4 is 5.91 Å². The molecule has 5 heteroatoms. The highest BCUT2D eigenvalue weighted by molar-refractivity contribution is 5.78. The predicted molar refractivity (Wildman–Crippen MR) is 137 cm³/mol. The van der Waals surface area contributed by atoms with Gasteiger partial charge in [0.1, 0.15) is 0 Å². The summed E-state index contributed by atoms with van der Waals surface area (Å²) in [7, 11) is 0. The zero-order valence-electron chi connectivity index (χ0n) is 21.4. The second-order valence-electron chi connectivity index (χ2n) is 9.40. The molecular weight excluding hydrogens is 396 g/mol. The molecule has 0 heterocycles. The molecule has 0 aromatic heterocycles. The maximum absolute atomic E-state index is 12.6. The molecule has 2 unspecified atom stereocenters. The molecule has 0 radical (unpaired) electrons. The molecule has 2 atom stereocenters. The summed E-state index contributed by atoms with van der Waals surface area (Å²) in [5.41, 5.74) is 5.48. The Bertz CT molecular complexity index is 449. The first-order chi connectivity index (χ1) is 15.7. The van der Waals surface area contributed by atoms with Crippen LogP contribution < -0.4 is 16.4 Å². The van der Waals surface area contributed by atoms with Gasteiger partial charge in [0.2, 0.25) is 5.91 Å². The van der Waals surface area contributed by atoms with Crippen LogP contribution in [0, 0.1) is 23.2 Å². The Balaban J connectivity index is 4.01. The van der Waals surface area contributed by atoms with Gasteiger partial charge in [-0.25, -0.2) is 0 Å². The van der Waals surface area contributed by atoms with E-state index in [2.05, 4.69) is 30.6 Å². The molecule has 5 nitrogen and oxygen atoms in total. The van der Waals surface area contributed by atoms with E-state index in [1.54, 1.807) is 0 Å². The fraction of sp³-hybridized carbons (Fsp3) is 0.926. The molecular formula is C27H54N4O. The number of rotatable bonds is 24. The van der Waals surface area contributed by atoms with Gasteiger partial charge in [0, 0.05) is 38.0 Å². The van der Waals surface area contributed by atoms with Gasteiger partial charge in [-0.3, -0.25) is 4.79 Å². The first-order valence-corrected chi connectivity index (χ1v) is 13.8. The van der Waals surface area contributed by atoms with E-state index >= 15 is 0 Å². The first kappa shape index (κ1) is 30.9. The number of hydrogen-bond acceptors (Lipinski definition) is 4. The highest BCUT2D eigenvalue weighted by Crippen LogP contribution is 2.21. The smallest absolute Gasteiger partial charge is 0.223 e. The van der Waals surface area contributed by atoms with E-state index in [-0.39, 0.29) is 17.7 Å². The van der Waals surface area contributed by atoms with Crippen LogP contribution in [0.4, 0.5) is 0 Å². The van der Waals surface area contributed by atoms with E-state index in [1.165, 1.54) is 70.6 Å². The summed E-state index contributed by atoms with van der Waals surface area (Å²) in [6.07, 6.45) is 20.0. The van der Waals surface area contributed by atoms with Crippen molar-refractivity contribution in [2.45, 2.75) is 123 Å². The van der Waals surface area contributed by atoms with Crippen LogP contribution in [-0.4, -0.2) is 32.1 Å². The Morgan fingerprint density at radius 2 is 1.25 bits per heavy atom. The summed E-state index contributed by atoms with van der Waals surface area (Å²) < 4.78 is 0. The summed E-state index contributed by atoms with van der Waals surface area (Å²) in [5.74, 6) is 0.644. The number of amides is 1. The standard InChI is InChI=1S/C27H54N4O/c1-3-5-7-12-16-25(24-29)17-13-10-9-11-15-19-26(18-14-8-6-4-2)27(32)31-23-22-30-21-20-28/h25-26,30H,3-23,28H2,1-2H3,(H,31,32). The first-order valence-electron chi connectivity index (χ1n) is 13.8. The van der Waals surface area contributed by atoms with Gasteiger partial charge < -0.3 is 16.4 Å². The summed E-state index contributed by atoms with van der Waals surface area (Å²) in [4.78, 5) is 12.6. The Labute approximate surface area is 199 Å². The second kappa shape index (κ2) is 24.5. The van der Waals surface area contributed by atoms with E-state index in [0.29, 0.717) is 13.1 Å². The molecule has 0 saturated heterocycles. The molecule has 0 aliphatic carbocycles. The molecule has 0 spiro atoms. The minimum absolute atomic E-state index is 0.160. The average molecular weight is 451 g/mol.